The number of carboxylic acid groups (broad SMARTS) is 1. The second-order valence-electron chi connectivity index (χ2n) is 5.56. The Labute approximate surface area is 131 Å². The van der Waals surface area contributed by atoms with Gasteiger partial charge in [-0.3, -0.25) is 19.3 Å². The molecule has 7 nitrogen and oxygen atoms in total. The van der Waals surface area contributed by atoms with Crippen molar-refractivity contribution in [1.82, 2.24) is 9.80 Å². The minimum atomic E-state index is -0.949. The van der Waals surface area contributed by atoms with Crippen LogP contribution in [0, 0.1) is 11.8 Å². The molecule has 1 aliphatic rings. The minimum Gasteiger partial charge on any atom is -0.481 e. The summed E-state index contributed by atoms with van der Waals surface area (Å²) in [6.07, 6.45) is 0.355. The number of amides is 1. The molecule has 0 aromatic carbocycles. The number of carboxylic acids is 1. The van der Waals surface area contributed by atoms with E-state index in [9.17, 15) is 19.5 Å². The average Bonchev–Trinajstić information content (AvgIpc) is 2.49. The zero-order valence-corrected chi connectivity index (χ0v) is 13.7. The Balaban J connectivity index is 3.00. The van der Waals surface area contributed by atoms with Gasteiger partial charge in [0, 0.05) is 19.1 Å². The van der Waals surface area contributed by atoms with Gasteiger partial charge in [-0.1, -0.05) is 0 Å². The molecule has 3 unspecified atom stereocenters. The number of hydrogen-bond donors (Lipinski definition) is 1. The lowest BCUT2D eigenvalue weighted by Crippen LogP contribution is -2.56. The van der Waals surface area contributed by atoms with Gasteiger partial charge in [0.1, 0.15) is 0 Å². The second kappa shape index (κ2) is 8.12. The van der Waals surface area contributed by atoms with Gasteiger partial charge in [0.15, 0.2) is 0 Å². The van der Waals surface area contributed by atoms with Gasteiger partial charge in [-0.05, 0) is 33.7 Å². The van der Waals surface area contributed by atoms with Gasteiger partial charge in [-0.2, -0.15) is 0 Å². The third-order valence-electron chi connectivity index (χ3n) is 4.49. The van der Waals surface area contributed by atoms with Crippen molar-refractivity contribution in [1.29, 1.82) is 0 Å². The van der Waals surface area contributed by atoms with E-state index < -0.39 is 17.8 Å². The number of nitrogens with zero attached hydrogens (tertiary/aromatic N) is 2. The van der Waals surface area contributed by atoms with Crippen LogP contribution in [0.3, 0.4) is 0 Å². The van der Waals surface area contributed by atoms with E-state index in [1.807, 2.05) is 25.7 Å². The van der Waals surface area contributed by atoms with Crippen LogP contribution in [0.15, 0.2) is 0 Å². The van der Waals surface area contributed by atoms with E-state index in [-0.39, 0.29) is 24.5 Å². The number of piperidine rings is 1. The molecule has 0 aliphatic carbocycles. The Hall–Kier alpha value is -1.63. The van der Waals surface area contributed by atoms with Gasteiger partial charge < -0.3 is 14.7 Å². The Morgan fingerprint density at radius 3 is 2.32 bits per heavy atom. The van der Waals surface area contributed by atoms with E-state index in [1.165, 1.54) is 7.11 Å². The molecule has 0 aromatic heterocycles. The molecule has 0 saturated carbocycles. The molecule has 1 rings (SSSR count). The van der Waals surface area contributed by atoms with Crippen molar-refractivity contribution in [3.05, 3.63) is 0 Å². The third-order valence-corrected chi connectivity index (χ3v) is 4.49. The molecule has 126 valence electrons. The fourth-order valence-corrected chi connectivity index (χ4v) is 3.11. The summed E-state index contributed by atoms with van der Waals surface area (Å²) < 4.78 is 4.67. The van der Waals surface area contributed by atoms with Crippen molar-refractivity contribution in [3.8, 4) is 0 Å². The molecule has 1 heterocycles. The maximum atomic E-state index is 12.7. The largest absolute Gasteiger partial charge is 0.481 e. The number of likely N-dealkylation sites (tertiary alicyclic amines) is 1. The van der Waals surface area contributed by atoms with E-state index >= 15 is 0 Å². The van der Waals surface area contributed by atoms with Crippen LogP contribution in [0.2, 0.25) is 0 Å². The van der Waals surface area contributed by atoms with Gasteiger partial charge in [0.05, 0.1) is 25.5 Å². The molecule has 3 atom stereocenters. The highest BCUT2D eigenvalue weighted by Gasteiger charge is 2.45. The quantitative estimate of drug-likeness (QED) is 0.716. The van der Waals surface area contributed by atoms with Crippen LogP contribution < -0.4 is 0 Å². The fourth-order valence-electron chi connectivity index (χ4n) is 3.11. The van der Waals surface area contributed by atoms with Crippen molar-refractivity contribution in [2.24, 2.45) is 11.8 Å². The SMILES string of the molecule is CCN(CC)C(=O)C1C(C(=O)O)CCN(CC(=O)OC)C1C. The summed E-state index contributed by atoms with van der Waals surface area (Å²) in [5, 5.41) is 9.44. The van der Waals surface area contributed by atoms with Crippen LogP contribution in [0.5, 0.6) is 0 Å². The molecule has 7 heteroatoms. The number of carbonyl (C=O) groups excluding carboxylic acids is 2. The first kappa shape index (κ1) is 18.4. The standard InChI is InChI=1S/C15H26N2O5/c1-5-16(6-2)14(19)13-10(3)17(9-12(18)22-4)8-7-11(13)15(20)21/h10-11,13H,5-9H2,1-4H3,(H,20,21). The maximum absolute atomic E-state index is 12.7. The number of ether oxygens (including phenoxy) is 1. The van der Waals surface area contributed by atoms with E-state index in [0.717, 1.165) is 0 Å². The topological polar surface area (TPSA) is 87.2 Å². The summed E-state index contributed by atoms with van der Waals surface area (Å²) in [4.78, 5) is 39.2. The predicted molar refractivity (Wildman–Crippen MR) is 80.2 cm³/mol. The van der Waals surface area contributed by atoms with E-state index in [0.29, 0.717) is 26.1 Å². The number of carbonyl (C=O) groups is 3. The first-order chi connectivity index (χ1) is 10.4. The zero-order chi connectivity index (χ0) is 16.9. The van der Waals surface area contributed by atoms with Crippen LogP contribution in [-0.4, -0.2) is 72.1 Å². The van der Waals surface area contributed by atoms with Gasteiger partial charge in [0.25, 0.3) is 0 Å². The van der Waals surface area contributed by atoms with Crippen LogP contribution in [0.4, 0.5) is 0 Å². The molecule has 1 fully saturated rings. The lowest BCUT2D eigenvalue weighted by Gasteiger charge is -2.42. The molecule has 0 bridgehead atoms. The van der Waals surface area contributed by atoms with Crippen LogP contribution in [0.1, 0.15) is 27.2 Å². The first-order valence-electron chi connectivity index (χ1n) is 7.69. The summed E-state index contributed by atoms with van der Waals surface area (Å²) in [7, 11) is 1.32. The third kappa shape index (κ3) is 3.97. The summed E-state index contributed by atoms with van der Waals surface area (Å²) in [6.45, 7) is 7.18. The lowest BCUT2D eigenvalue weighted by atomic mass is 9.79. The van der Waals surface area contributed by atoms with E-state index in [4.69, 9.17) is 0 Å². The van der Waals surface area contributed by atoms with Gasteiger partial charge in [-0.25, -0.2) is 0 Å². The van der Waals surface area contributed by atoms with Gasteiger partial charge in [0.2, 0.25) is 5.91 Å². The zero-order valence-electron chi connectivity index (χ0n) is 13.7. The van der Waals surface area contributed by atoms with E-state index in [2.05, 4.69) is 4.74 Å². The van der Waals surface area contributed by atoms with Crippen LogP contribution in [-0.2, 0) is 19.1 Å². The molecule has 0 spiro atoms. The van der Waals surface area contributed by atoms with Gasteiger partial charge >= 0.3 is 11.9 Å². The summed E-state index contributed by atoms with van der Waals surface area (Å²) in [5.41, 5.74) is 0. The van der Waals surface area contributed by atoms with Crippen molar-refractivity contribution in [2.75, 3.05) is 33.3 Å². The number of rotatable bonds is 6. The number of hydrogen-bond acceptors (Lipinski definition) is 5. The first-order valence-corrected chi connectivity index (χ1v) is 7.69. The average molecular weight is 314 g/mol. The van der Waals surface area contributed by atoms with Crippen molar-refractivity contribution in [2.45, 2.75) is 33.2 Å². The fraction of sp³-hybridized carbons (Fsp3) is 0.800. The molecule has 0 radical (unpaired) electrons. The highest BCUT2D eigenvalue weighted by atomic mass is 16.5. The number of esters is 1. The smallest absolute Gasteiger partial charge is 0.319 e. The molecule has 1 amide bonds. The number of methoxy groups -OCH3 is 1. The van der Waals surface area contributed by atoms with Crippen molar-refractivity contribution >= 4 is 17.8 Å². The molecule has 1 aliphatic heterocycles. The molecular weight excluding hydrogens is 288 g/mol. The second-order valence-corrected chi connectivity index (χ2v) is 5.56. The Morgan fingerprint density at radius 2 is 1.86 bits per heavy atom. The summed E-state index contributed by atoms with van der Waals surface area (Å²) in [5.74, 6) is -2.84. The van der Waals surface area contributed by atoms with Crippen molar-refractivity contribution in [3.63, 3.8) is 0 Å². The normalized spacial score (nSPS) is 25.5. The summed E-state index contributed by atoms with van der Waals surface area (Å²) in [6, 6.07) is -0.318. The Bertz CT molecular complexity index is 422. The summed E-state index contributed by atoms with van der Waals surface area (Å²) >= 11 is 0. The maximum Gasteiger partial charge on any atom is 0.319 e. The lowest BCUT2D eigenvalue weighted by molar-refractivity contribution is -0.158. The Morgan fingerprint density at radius 1 is 1.27 bits per heavy atom. The Kier molecular flexibility index (Phi) is 6.80. The minimum absolute atomic E-state index is 0.0754. The highest BCUT2D eigenvalue weighted by molar-refractivity contribution is 5.85. The van der Waals surface area contributed by atoms with E-state index in [1.54, 1.807) is 4.90 Å². The molecule has 1 saturated heterocycles. The number of aliphatic carboxylic acids is 1. The van der Waals surface area contributed by atoms with Crippen LogP contribution >= 0.6 is 0 Å². The highest BCUT2D eigenvalue weighted by Crippen LogP contribution is 2.31. The molecule has 1 N–H and O–H groups in total. The molecular formula is C15H26N2O5. The monoisotopic (exact) mass is 314 g/mol. The van der Waals surface area contributed by atoms with Crippen molar-refractivity contribution < 1.29 is 24.2 Å². The predicted octanol–water partition coefficient (Wildman–Crippen LogP) is 0.439. The molecule has 22 heavy (non-hydrogen) atoms. The van der Waals surface area contributed by atoms with Gasteiger partial charge in [-0.15, -0.1) is 0 Å². The van der Waals surface area contributed by atoms with Crippen LogP contribution in [0.25, 0.3) is 0 Å². The molecule has 0 aromatic rings.